The van der Waals surface area contributed by atoms with Gasteiger partial charge >= 0.3 is 0 Å². The summed E-state index contributed by atoms with van der Waals surface area (Å²) < 4.78 is 0. The van der Waals surface area contributed by atoms with Crippen LogP contribution in [0.3, 0.4) is 0 Å². The number of unbranched alkanes of at least 4 members (excludes halogenated alkanes) is 2. The highest BCUT2D eigenvalue weighted by atomic mass is 16.2. The minimum Gasteiger partial charge on any atom is -0.368 e. The number of amides is 6. The number of nitrogens with zero attached hydrogens (tertiary/aromatic N) is 5. The fraction of sp³-hybridized carbons (Fsp3) is 0.429. The zero-order valence-electron chi connectivity index (χ0n) is 41.3. The van der Waals surface area contributed by atoms with E-state index < -0.39 is 23.6 Å². The van der Waals surface area contributed by atoms with Gasteiger partial charge in [0.2, 0.25) is 35.4 Å². The maximum absolute atomic E-state index is 15.1. The Labute approximate surface area is 420 Å². The molecule has 71 heavy (non-hydrogen) atoms. The van der Waals surface area contributed by atoms with Crippen LogP contribution in [0.1, 0.15) is 85.5 Å². The summed E-state index contributed by atoms with van der Waals surface area (Å²) in [6.45, 7) is 4.15. The fourth-order valence-electron chi connectivity index (χ4n) is 9.22. The molecule has 0 unspecified atom stereocenters. The van der Waals surface area contributed by atoms with E-state index in [1.54, 1.807) is 11.0 Å². The molecule has 5 rings (SSSR count). The third kappa shape index (κ3) is 17.9. The molecule has 0 aliphatic heterocycles. The van der Waals surface area contributed by atoms with Gasteiger partial charge in [-0.15, -0.1) is 6.58 Å². The molecule has 1 fully saturated rings. The predicted molar refractivity (Wildman–Crippen MR) is 279 cm³/mol. The maximum atomic E-state index is 15.1. The number of carbonyl (C=O) groups excluding carboxylic acids is 6. The lowest BCUT2D eigenvalue weighted by molar-refractivity contribution is -0.148. The van der Waals surface area contributed by atoms with Crippen LogP contribution in [0.15, 0.2) is 134 Å². The molecule has 1 saturated carbocycles. The van der Waals surface area contributed by atoms with Gasteiger partial charge in [-0.2, -0.15) is 0 Å². The first-order chi connectivity index (χ1) is 34.5. The lowest BCUT2D eigenvalue weighted by Gasteiger charge is -2.35. The first-order valence-electron chi connectivity index (χ1n) is 25.1. The van der Waals surface area contributed by atoms with Crippen LogP contribution in [0.2, 0.25) is 0 Å². The summed E-state index contributed by atoms with van der Waals surface area (Å²) in [6.07, 6.45) is 7.00. The SMILES string of the molecule is C=CCN(CC(=O)N(CC(=O)N(CC(=O)N(CCCCN)CC(=O)N(CCCCN)CC(N)=O)CC(c1ccccc1)c1ccccc1)C1CCCC1)C(=O)CNCC(c1ccccc1)c1ccccc1. The molecule has 0 radical (unpaired) electrons. The van der Waals surface area contributed by atoms with E-state index in [0.29, 0.717) is 58.2 Å². The molecule has 4 aromatic rings. The standard InChI is InChI=1S/C56H75N9O6/c1-2-33-61(52(67)37-60-36-49(44-21-7-3-8-22-44)45-23-9-4-10-24-45)42-56(71)65(48-29-15-16-30-48)43-55(70)64(38-50(46-25-11-5-12-26-46)47-27-13-6-14-28-47)41-54(69)63(35-20-18-32-58)40-53(68)62(39-51(59)66)34-19-17-31-57/h2-14,21-28,48-50,60H,1,15-20,29-43,57-58H2,(H2,59,66). The van der Waals surface area contributed by atoms with Crippen molar-refractivity contribution < 1.29 is 28.8 Å². The summed E-state index contributed by atoms with van der Waals surface area (Å²) in [4.78, 5) is 91.7. The number of carbonyl (C=O) groups is 6. The summed E-state index contributed by atoms with van der Waals surface area (Å²) in [7, 11) is 0. The second kappa shape index (κ2) is 30.1. The van der Waals surface area contributed by atoms with Gasteiger partial charge in [0, 0.05) is 50.6 Å². The van der Waals surface area contributed by atoms with Gasteiger partial charge in [-0.3, -0.25) is 28.8 Å². The summed E-state index contributed by atoms with van der Waals surface area (Å²) in [6, 6.07) is 39.4. The number of benzene rings is 4. The van der Waals surface area contributed by atoms with Gasteiger partial charge in [0.05, 0.1) is 26.2 Å². The number of hydrogen-bond donors (Lipinski definition) is 4. The van der Waals surface area contributed by atoms with Crippen LogP contribution >= 0.6 is 0 Å². The first-order valence-corrected chi connectivity index (χ1v) is 25.1. The normalized spacial score (nSPS) is 12.4. The Hall–Kier alpha value is -6.68. The molecule has 380 valence electrons. The zero-order chi connectivity index (χ0) is 50.8. The molecule has 0 saturated heterocycles. The van der Waals surface area contributed by atoms with E-state index in [0.717, 1.165) is 35.1 Å². The van der Waals surface area contributed by atoms with Crippen LogP contribution in [0.25, 0.3) is 0 Å². The molecular weight excluding hydrogens is 895 g/mol. The van der Waals surface area contributed by atoms with E-state index in [4.69, 9.17) is 17.2 Å². The fourth-order valence-corrected chi connectivity index (χ4v) is 9.22. The summed E-state index contributed by atoms with van der Waals surface area (Å²) in [5, 5.41) is 3.35. The second-order valence-corrected chi connectivity index (χ2v) is 18.3. The topological polar surface area (TPSA) is 209 Å². The second-order valence-electron chi connectivity index (χ2n) is 18.3. The van der Waals surface area contributed by atoms with E-state index in [1.165, 1.54) is 19.6 Å². The van der Waals surface area contributed by atoms with Crippen molar-refractivity contribution in [1.29, 1.82) is 0 Å². The molecule has 1 aliphatic rings. The summed E-state index contributed by atoms with van der Waals surface area (Å²) >= 11 is 0. The van der Waals surface area contributed by atoms with Gasteiger partial charge in [-0.25, -0.2) is 0 Å². The summed E-state index contributed by atoms with van der Waals surface area (Å²) in [5.41, 5.74) is 21.2. The Bertz CT molecular complexity index is 2180. The molecule has 15 heteroatoms. The minimum atomic E-state index is -0.678. The Kier molecular flexibility index (Phi) is 23.5. The molecule has 1 aliphatic carbocycles. The average molecular weight is 970 g/mol. The predicted octanol–water partition coefficient (Wildman–Crippen LogP) is 4.47. The number of primary amides is 1. The highest BCUT2D eigenvalue weighted by Gasteiger charge is 2.34. The molecule has 0 atom stereocenters. The van der Waals surface area contributed by atoms with E-state index >= 15 is 4.79 Å². The van der Waals surface area contributed by atoms with Crippen molar-refractivity contribution in [2.45, 2.75) is 69.2 Å². The molecule has 0 bridgehead atoms. The van der Waals surface area contributed by atoms with Gasteiger partial charge in [0.15, 0.2) is 0 Å². The van der Waals surface area contributed by atoms with E-state index in [2.05, 4.69) is 36.2 Å². The molecule has 4 aromatic carbocycles. The Morgan fingerprint density at radius 3 is 1.41 bits per heavy atom. The maximum Gasteiger partial charge on any atom is 0.242 e. The van der Waals surface area contributed by atoms with Crippen LogP contribution in [-0.4, -0.2) is 151 Å². The van der Waals surface area contributed by atoms with Crippen LogP contribution < -0.4 is 22.5 Å². The van der Waals surface area contributed by atoms with E-state index in [1.807, 2.05) is 97.1 Å². The van der Waals surface area contributed by atoms with Gasteiger partial charge in [-0.1, -0.05) is 140 Å². The minimum absolute atomic E-state index is 0.0109. The van der Waals surface area contributed by atoms with E-state index in [-0.39, 0.29) is 95.1 Å². The van der Waals surface area contributed by atoms with Crippen molar-refractivity contribution in [3.8, 4) is 0 Å². The van der Waals surface area contributed by atoms with Crippen molar-refractivity contribution in [3.63, 3.8) is 0 Å². The van der Waals surface area contributed by atoms with Crippen LogP contribution in [0.5, 0.6) is 0 Å². The Balaban J connectivity index is 1.40. The number of hydrogen-bond acceptors (Lipinski definition) is 9. The summed E-state index contributed by atoms with van der Waals surface area (Å²) in [5.74, 6) is -3.08. The largest absolute Gasteiger partial charge is 0.368 e. The van der Waals surface area contributed by atoms with Crippen molar-refractivity contribution in [3.05, 3.63) is 156 Å². The Morgan fingerprint density at radius 1 is 0.535 bits per heavy atom. The Morgan fingerprint density at radius 2 is 0.958 bits per heavy atom. The molecule has 0 spiro atoms. The first kappa shape index (κ1) is 55.2. The average Bonchev–Trinajstić information content (AvgIpc) is 3.93. The third-order valence-corrected chi connectivity index (χ3v) is 13.1. The van der Waals surface area contributed by atoms with Gasteiger partial charge in [0.1, 0.15) is 13.1 Å². The van der Waals surface area contributed by atoms with Crippen molar-refractivity contribution >= 4 is 35.4 Å². The lowest BCUT2D eigenvalue weighted by atomic mass is 9.90. The lowest BCUT2D eigenvalue weighted by Crippen LogP contribution is -2.54. The van der Waals surface area contributed by atoms with Crippen LogP contribution in [-0.2, 0) is 28.8 Å². The van der Waals surface area contributed by atoms with Crippen molar-refractivity contribution in [2.24, 2.45) is 17.2 Å². The van der Waals surface area contributed by atoms with Crippen molar-refractivity contribution in [2.75, 3.05) is 85.1 Å². The quantitative estimate of drug-likeness (QED) is 0.0414. The van der Waals surface area contributed by atoms with E-state index in [9.17, 15) is 24.0 Å². The molecule has 0 aromatic heterocycles. The molecule has 0 heterocycles. The van der Waals surface area contributed by atoms with Crippen LogP contribution in [0, 0.1) is 0 Å². The number of nitrogens with two attached hydrogens (primary N) is 3. The third-order valence-electron chi connectivity index (χ3n) is 13.1. The monoisotopic (exact) mass is 970 g/mol. The van der Waals surface area contributed by atoms with Gasteiger partial charge in [-0.05, 0) is 73.9 Å². The van der Waals surface area contributed by atoms with Crippen LogP contribution in [0.4, 0.5) is 0 Å². The molecular formula is C56H75N9O6. The molecule has 6 amide bonds. The van der Waals surface area contributed by atoms with Gasteiger partial charge < -0.3 is 47.0 Å². The highest BCUT2D eigenvalue weighted by molar-refractivity contribution is 5.92. The molecule has 7 N–H and O–H groups in total. The smallest absolute Gasteiger partial charge is 0.242 e. The zero-order valence-corrected chi connectivity index (χ0v) is 41.3. The molecule has 15 nitrogen and oxygen atoms in total. The number of rotatable bonds is 31. The van der Waals surface area contributed by atoms with Crippen molar-refractivity contribution in [1.82, 2.24) is 29.8 Å². The van der Waals surface area contributed by atoms with Gasteiger partial charge in [0.25, 0.3) is 0 Å². The highest BCUT2D eigenvalue weighted by Crippen LogP contribution is 2.28. The number of nitrogens with one attached hydrogen (secondary N) is 1.